The Kier molecular flexibility index (Phi) is 4.08. The molecule has 2 nitrogen and oxygen atoms in total. The standard InChI is InChI=1S/C10H10BrFN2/c1-2-3-10(14-13)8-6-7(12)4-5-9(8)11/h1,4-6,10,14H,3,13H2. The van der Waals surface area contributed by atoms with Crippen LogP contribution < -0.4 is 11.3 Å². The van der Waals surface area contributed by atoms with Gasteiger partial charge < -0.3 is 0 Å². The molecule has 0 radical (unpaired) electrons. The number of halogens is 2. The van der Waals surface area contributed by atoms with Gasteiger partial charge in [0.05, 0.1) is 6.04 Å². The topological polar surface area (TPSA) is 38.0 Å². The Balaban J connectivity index is 3.03. The van der Waals surface area contributed by atoms with Crippen molar-refractivity contribution in [2.45, 2.75) is 12.5 Å². The van der Waals surface area contributed by atoms with E-state index < -0.39 is 0 Å². The summed E-state index contributed by atoms with van der Waals surface area (Å²) in [7, 11) is 0. The van der Waals surface area contributed by atoms with E-state index in [1.165, 1.54) is 12.1 Å². The molecule has 0 aliphatic heterocycles. The number of hydrogen-bond donors (Lipinski definition) is 2. The fraction of sp³-hybridized carbons (Fsp3) is 0.200. The highest BCUT2D eigenvalue weighted by Gasteiger charge is 2.12. The van der Waals surface area contributed by atoms with E-state index in [1.807, 2.05) is 0 Å². The van der Waals surface area contributed by atoms with E-state index in [0.717, 1.165) is 10.0 Å². The quantitative estimate of drug-likeness (QED) is 0.494. The summed E-state index contributed by atoms with van der Waals surface area (Å²) in [5, 5.41) is 0. The fourth-order valence-corrected chi connectivity index (χ4v) is 1.68. The van der Waals surface area contributed by atoms with E-state index in [0.29, 0.717) is 6.42 Å². The Hall–Kier alpha value is -0.890. The van der Waals surface area contributed by atoms with Crippen LogP contribution in [0.3, 0.4) is 0 Å². The maximum atomic E-state index is 12.9. The maximum Gasteiger partial charge on any atom is 0.123 e. The van der Waals surface area contributed by atoms with Gasteiger partial charge in [-0.3, -0.25) is 11.3 Å². The van der Waals surface area contributed by atoms with Crippen molar-refractivity contribution in [2.24, 2.45) is 5.84 Å². The van der Waals surface area contributed by atoms with Gasteiger partial charge in [-0.2, -0.15) is 0 Å². The lowest BCUT2D eigenvalue weighted by molar-refractivity contribution is 0.556. The molecule has 1 aromatic rings. The predicted octanol–water partition coefficient (Wildman–Crippen LogP) is 2.12. The van der Waals surface area contributed by atoms with Crippen molar-refractivity contribution in [1.82, 2.24) is 5.43 Å². The van der Waals surface area contributed by atoms with Gasteiger partial charge in [0, 0.05) is 10.9 Å². The Morgan fingerprint density at radius 1 is 1.64 bits per heavy atom. The molecule has 1 atom stereocenters. The van der Waals surface area contributed by atoms with Crippen molar-refractivity contribution in [2.75, 3.05) is 0 Å². The van der Waals surface area contributed by atoms with Gasteiger partial charge in [0.2, 0.25) is 0 Å². The lowest BCUT2D eigenvalue weighted by Crippen LogP contribution is -2.28. The largest absolute Gasteiger partial charge is 0.271 e. The van der Waals surface area contributed by atoms with E-state index in [9.17, 15) is 4.39 Å². The zero-order valence-corrected chi connectivity index (χ0v) is 9.01. The third-order valence-electron chi connectivity index (χ3n) is 1.86. The molecule has 4 heteroatoms. The highest BCUT2D eigenvalue weighted by Crippen LogP contribution is 2.25. The Morgan fingerprint density at radius 2 is 2.36 bits per heavy atom. The molecule has 0 spiro atoms. The summed E-state index contributed by atoms with van der Waals surface area (Å²) in [4.78, 5) is 0. The molecule has 3 N–H and O–H groups in total. The van der Waals surface area contributed by atoms with Gasteiger partial charge in [-0.25, -0.2) is 4.39 Å². The number of rotatable bonds is 3. The molecule has 0 amide bonds. The van der Waals surface area contributed by atoms with Crippen LogP contribution in [0, 0.1) is 18.2 Å². The summed E-state index contributed by atoms with van der Waals surface area (Å²) < 4.78 is 13.7. The van der Waals surface area contributed by atoms with E-state index in [2.05, 4.69) is 27.3 Å². The third kappa shape index (κ3) is 2.55. The first-order valence-electron chi connectivity index (χ1n) is 4.03. The van der Waals surface area contributed by atoms with E-state index >= 15 is 0 Å². The Morgan fingerprint density at radius 3 is 2.93 bits per heavy atom. The minimum Gasteiger partial charge on any atom is -0.271 e. The second kappa shape index (κ2) is 5.11. The minimum absolute atomic E-state index is 0.231. The number of hydrazine groups is 1. The van der Waals surface area contributed by atoms with Crippen molar-refractivity contribution >= 4 is 15.9 Å². The Bertz CT molecular complexity index is 360. The summed E-state index contributed by atoms with van der Waals surface area (Å²) in [6, 6.07) is 4.18. The molecule has 0 aliphatic carbocycles. The average molecular weight is 257 g/mol. The number of terminal acetylenes is 1. The van der Waals surface area contributed by atoms with E-state index in [4.69, 9.17) is 12.3 Å². The van der Waals surface area contributed by atoms with Crippen LogP contribution in [0.5, 0.6) is 0 Å². The number of benzene rings is 1. The lowest BCUT2D eigenvalue weighted by Gasteiger charge is -2.14. The van der Waals surface area contributed by atoms with E-state index in [-0.39, 0.29) is 11.9 Å². The monoisotopic (exact) mass is 256 g/mol. The first kappa shape index (κ1) is 11.2. The SMILES string of the molecule is C#CCC(NN)c1cc(F)ccc1Br. The van der Waals surface area contributed by atoms with Gasteiger partial charge in [0.1, 0.15) is 5.82 Å². The molecule has 0 bridgehead atoms. The van der Waals surface area contributed by atoms with Crippen molar-refractivity contribution in [3.63, 3.8) is 0 Å². The van der Waals surface area contributed by atoms with Gasteiger partial charge >= 0.3 is 0 Å². The van der Waals surface area contributed by atoms with Gasteiger partial charge in [-0.05, 0) is 23.8 Å². The summed E-state index contributed by atoms with van der Waals surface area (Å²) in [6.45, 7) is 0. The molecule has 1 rings (SSSR count). The van der Waals surface area contributed by atoms with Crippen LogP contribution in [0.15, 0.2) is 22.7 Å². The number of hydrogen-bond acceptors (Lipinski definition) is 2. The van der Waals surface area contributed by atoms with Crippen LogP contribution in [0.4, 0.5) is 4.39 Å². The predicted molar refractivity (Wildman–Crippen MR) is 57.6 cm³/mol. The minimum atomic E-state index is -0.305. The van der Waals surface area contributed by atoms with Crippen molar-refractivity contribution in [1.29, 1.82) is 0 Å². The third-order valence-corrected chi connectivity index (χ3v) is 2.58. The fourth-order valence-electron chi connectivity index (χ4n) is 1.16. The zero-order valence-electron chi connectivity index (χ0n) is 7.43. The molecule has 74 valence electrons. The summed E-state index contributed by atoms with van der Waals surface area (Å²) in [6.07, 6.45) is 5.59. The molecule has 0 aliphatic rings. The molecule has 0 fully saturated rings. The average Bonchev–Trinajstić information content (AvgIpc) is 2.18. The van der Waals surface area contributed by atoms with Gasteiger partial charge in [0.25, 0.3) is 0 Å². The molecule has 0 aromatic heterocycles. The van der Waals surface area contributed by atoms with Gasteiger partial charge in [-0.15, -0.1) is 12.3 Å². The molecule has 0 saturated carbocycles. The van der Waals surface area contributed by atoms with Crippen LogP contribution in [-0.4, -0.2) is 0 Å². The molecule has 1 aromatic carbocycles. The van der Waals surface area contributed by atoms with Crippen LogP contribution >= 0.6 is 15.9 Å². The highest BCUT2D eigenvalue weighted by molar-refractivity contribution is 9.10. The molecular weight excluding hydrogens is 247 g/mol. The van der Waals surface area contributed by atoms with Crippen molar-refractivity contribution in [3.8, 4) is 12.3 Å². The van der Waals surface area contributed by atoms with Crippen LogP contribution in [0.1, 0.15) is 18.0 Å². The normalized spacial score (nSPS) is 12.1. The van der Waals surface area contributed by atoms with Crippen LogP contribution in [0.2, 0.25) is 0 Å². The Labute approximate surface area is 90.8 Å². The highest BCUT2D eigenvalue weighted by atomic mass is 79.9. The molecule has 1 unspecified atom stereocenters. The summed E-state index contributed by atoms with van der Waals surface area (Å²) in [5.41, 5.74) is 3.28. The first-order valence-corrected chi connectivity index (χ1v) is 4.83. The maximum absolute atomic E-state index is 12.9. The summed E-state index contributed by atoms with van der Waals surface area (Å²) >= 11 is 3.31. The van der Waals surface area contributed by atoms with E-state index in [1.54, 1.807) is 6.07 Å². The molecule has 14 heavy (non-hydrogen) atoms. The van der Waals surface area contributed by atoms with Gasteiger partial charge in [-0.1, -0.05) is 15.9 Å². The second-order valence-electron chi connectivity index (χ2n) is 2.79. The van der Waals surface area contributed by atoms with Crippen molar-refractivity contribution in [3.05, 3.63) is 34.1 Å². The van der Waals surface area contributed by atoms with Crippen molar-refractivity contribution < 1.29 is 4.39 Å². The zero-order chi connectivity index (χ0) is 10.6. The molecule has 0 heterocycles. The number of nitrogens with one attached hydrogen (secondary N) is 1. The molecular formula is C10H10BrFN2. The lowest BCUT2D eigenvalue weighted by atomic mass is 10.0. The van der Waals surface area contributed by atoms with Gasteiger partial charge in [0.15, 0.2) is 0 Å². The first-order chi connectivity index (χ1) is 6.69. The van der Waals surface area contributed by atoms with Crippen LogP contribution in [-0.2, 0) is 0 Å². The molecule has 0 saturated heterocycles. The smallest absolute Gasteiger partial charge is 0.123 e. The second-order valence-corrected chi connectivity index (χ2v) is 3.65. The summed E-state index contributed by atoms with van der Waals surface area (Å²) in [5.74, 6) is 7.49. The number of nitrogens with two attached hydrogens (primary N) is 1. The van der Waals surface area contributed by atoms with Crippen LogP contribution in [0.25, 0.3) is 0 Å².